The maximum Gasteiger partial charge on any atom is 0.142 e. The molecule has 0 atom stereocenters. The van der Waals surface area contributed by atoms with E-state index in [1.807, 2.05) is 6.07 Å². The molecular formula is C15H21N3O. The van der Waals surface area contributed by atoms with Gasteiger partial charge in [0.25, 0.3) is 0 Å². The number of benzene rings is 1. The van der Waals surface area contributed by atoms with Crippen molar-refractivity contribution >= 4 is 10.9 Å². The fourth-order valence-electron chi connectivity index (χ4n) is 2.80. The monoisotopic (exact) mass is 259 g/mol. The van der Waals surface area contributed by atoms with Crippen molar-refractivity contribution in [2.75, 3.05) is 33.3 Å². The average Bonchev–Trinajstić information content (AvgIpc) is 2.77. The summed E-state index contributed by atoms with van der Waals surface area (Å²) < 4.78 is 5.43. The maximum atomic E-state index is 5.43. The van der Waals surface area contributed by atoms with Crippen LogP contribution in [0.2, 0.25) is 0 Å². The van der Waals surface area contributed by atoms with Crippen molar-refractivity contribution < 1.29 is 4.74 Å². The number of hydrogen-bond donors (Lipinski definition) is 2. The molecule has 4 nitrogen and oxygen atoms in total. The van der Waals surface area contributed by atoms with Crippen LogP contribution in [0.1, 0.15) is 11.3 Å². The van der Waals surface area contributed by atoms with E-state index in [2.05, 4.69) is 34.3 Å². The molecule has 1 aliphatic heterocycles. The maximum absolute atomic E-state index is 5.43. The highest BCUT2D eigenvalue weighted by atomic mass is 16.5. The summed E-state index contributed by atoms with van der Waals surface area (Å²) in [5.41, 5.74) is 3.77. The van der Waals surface area contributed by atoms with Crippen molar-refractivity contribution in [2.24, 2.45) is 0 Å². The standard InChI is InChI=1S/C15H21N3O/c1-11-12-4-3-5-14(19-2)15(12)17-13(11)10-18-8-6-16-7-9-18/h3-5,16-17H,6-10H2,1-2H3. The van der Waals surface area contributed by atoms with Crippen LogP contribution in [0.5, 0.6) is 5.75 Å². The Labute approximate surface area is 113 Å². The molecule has 0 saturated carbocycles. The summed E-state index contributed by atoms with van der Waals surface area (Å²) in [6.07, 6.45) is 0. The van der Waals surface area contributed by atoms with Crippen LogP contribution in [0, 0.1) is 6.92 Å². The van der Waals surface area contributed by atoms with E-state index in [1.54, 1.807) is 7.11 Å². The number of H-pyrrole nitrogens is 1. The lowest BCUT2D eigenvalue weighted by Gasteiger charge is -2.26. The molecule has 0 bridgehead atoms. The Balaban J connectivity index is 1.93. The lowest BCUT2D eigenvalue weighted by molar-refractivity contribution is 0.231. The second-order valence-electron chi connectivity index (χ2n) is 5.14. The van der Waals surface area contributed by atoms with Crippen molar-refractivity contribution in [3.8, 4) is 5.75 Å². The van der Waals surface area contributed by atoms with Crippen LogP contribution in [-0.2, 0) is 6.54 Å². The molecule has 0 unspecified atom stereocenters. The summed E-state index contributed by atoms with van der Waals surface area (Å²) in [6, 6.07) is 6.22. The van der Waals surface area contributed by atoms with E-state index >= 15 is 0 Å². The van der Waals surface area contributed by atoms with Gasteiger partial charge < -0.3 is 15.0 Å². The zero-order chi connectivity index (χ0) is 13.2. The molecule has 2 N–H and O–H groups in total. The number of para-hydroxylation sites is 1. The van der Waals surface area contributed by atoms with Crippen molar-refractivity contribution in [3.05, 3.63) is 29.5 Å². The molecule has 1 aliphatic rings. The fraction of sp³-hybridized carbons (Fsp3) is 0.467. The van der Waals surface area contributed by atoms with E-state index in [4.69, 9.17) is 4.74 Å². The summed E-state index contributed by atoms with van der Waals surface area (Å²) in [5, 5.41) is 4.66. The van der Waals surface area contributed by atoms with Gasteiger partial charge in [0.2, 0.25) is 0 Å². The third kappa shape index (κ3) is 2.33. The van der Waals surface area contributed by atoms with Crippen LogP contribution in [-0.4, -0.2) is 43.2 Å². The molecule has 1 aromatic carbocycles. The molecule has 4 heteroatoms. The summed E-state index contributed by atoms with van der Waals surface area (Å²) in [4.78, 5) is 6.03. The molecule has 1 saturated heterocycles. The Bertz CT molecular complexity index is 570. The van der Waals surface area contributed by atoms with Crippen molar-refractivity contribution in [3.63, 3.8) is 0 Å². The molecule has 2 heterocycles. The quantitative estimate of drug-likeness (QED) is 0.884. The first-order chi connectivity index (χ1) is 9.29. The van der Waals surface area contributed by atoms with E-state index in [0.29, 0.717) is 0 Å². The molecule has 1 aromatic heterocycles. The number of hydrogen-bond acceptors (Lipinski definition) is 3. The minimum absolute atomic E-state index is 0.923. The van der Waals surface area contributed by atoms with Gasteiger partial charge in [0, 0.05) is 43.8 Å². The van der Waals surface area contributed by atoms with Crippen LogP contribution in [0.3, 0.4) is 0 Å². The van der Waals surface area contributed by atoms with E-state index in [0.717, 1.165) is 44.0 Å². The zero-order valence-corrected chi connectivity index (χ0v) is 11.6. The highest BCUT2D eigenvalue weighted by molar-refractivity contribution is 5.89. The Hall–Kier alpha value is -1.52. The van der Waals surface area contributed by atoms with Gasteiger partial charge >= 0.3 is 0 Å². The Kier molecular flexibility index (Phi) is 3.44. The number of aromatic nitrogens is 1. The second kappa shape index (κ2) is 5.23. The predicted molar refractivity (Wildman–Crippen MR) is 77.7 cm³/mol. The summed E-state index contributed by atoms with van der Waals surface area (Å²) >= 11 is 0. The van der Waals surface area contributed by atoms with Gasteiger partial charge in [-0.25, -0.2) is 0 Å². The summed E-state index contributed by atoms with van der Waals surface area (Å²) in [5.74, 6) is 0.923. The molecule has 0 spiro atoms. The first-order valence-corrected chi connectivity index (χ1v) is 6.87. The van der Waals surface area contributed by atoms with E-state index in [1.165, 1.54) is 16.6 Å². The van der Waals surface area contributed by atoms with Crippen LogP contribution in [0.15, 0.2) is 18.2 Å². The zero-order valence-electron chi connectivity index (χ0n) is 11.6. The largest absolute Gasteiger partial charge is 0.495 e. The summed E-state index contributed by atoms with van der Waals surface area (Å²) in [7, 11) is 1.72. The van der Waals surface area contributed by atoms with Gasteiger partial charge in [-0.2, -0.15) is 0 Å². The van der Waals surface area contributed by atoms with Gasteiger partial charge in [-0.1, -0.05) is 12.1 Å². The highest BCUT2D eigenvalue weighted by Crippen LogP contribution is 2.29. The van der Waals surface area contributed by atoms with Crippen LogP contribution in [0.25, 0.3) is 10.9 Å². The van der Waals surface area contributed by atoms with Crippen molar-refractivity contribution in [1.29, 1.82) is 0 Å². The molecule has 0 radical (unpaired) electrons. The smallest absolute Gasteiger partial charge is 0.142 e. The number of ether oxygens (including phenoxy) is 1. The third-order valence-electron chi connectivity index (χ3n) is 3.97. The highest BCUT2D eigenvalue weighted by Gasteiger charge is 2.15. The number of fused-ring (bicyclic) bond motifs is 1. The number of piperazine rings is 1. The van der Waals surface area contributed by atoms with Gasteiger partial charge in [-0.3, -0.25) is 4.90 Å². The molecule has 102 valence electrons. The normalized spacial score (nSPS) is 16.9. The molecule has 0 amide bonds. The third-order valence-corrected chi connectivity index (χ3v) is 3.97. The van der Waals surface area contributed by atoms with Crippen molar-refractivity contribution in [2.45, 2.75) is 13.5 Å². The molecule has 0 aliphatic carbocycles. The minimum Gasteiger partial charge on any atom is -0.495 e. The SMILES string of the molecule is COc1cccc2c(C)c(CN3CCNCC3)[nH]c12. The molecular weight excluding hydrogens is 238 g/mol. The van der Waals surface area contributed by atoms with Gasteiger partial charge in [0.15, 0.2) is 0 Å². The average molecular weight is 259 g/mol. The number of rotatable bonds is 3. The Morgan fingerprint density at radius 3 is 2.79 bits per heavy atom. The van der Waals surface area contributed by atoms with E-state index in [9.17, 15) is 0 Å². The van der Waals surface area contributed by atoms with Gasteiger partial charge in [0.05, 0.1) is 12.6 Å². The predicted octanol–water partition coefficient (Wildman–Crippen LogP) is 1.89. The first kappa shape index (κ1) is 12.5. The minimum atomic E-state index is 0.923. The van der Waals surface area contributed by atoms with Gasteiger partial charge in [-0.15, -0.1) is 0 Å². The lowest BCUT2D eigenvalue weighted by Crippen LogP contribution is -2.43. The van der Waals surface area contributed by atoms with Gasteiger partial charge in [0.1, 0.15) is 5.75 Å². The second-order valence-corrected chi connectivity index (χ2v) is 5.14. The number of nitrogens with zero attached hydrogens (tertiary/aromatic N) is 1. The van der Waals surface area contributed by atoms with Crippen LogP contribution in [0.4, 0.5) is 0 Å². The Morgan fingerprint density at radius 1 is 1.26 bits per heavy atom. The van der Waals surface area contributed by atoms with Gasteiger partial charge in [-0.05, 0) is 18.6 Å². The number of methoxy groups -OCH3 is 1. The Morgan fingerprint density at radius 2 is 2.05 bits per heavy atom. The van der Waals surface area contributed by atoms with Crippen LogP contribution >= 0.6 is 0 Å². The van der Waals surface area contributed by atoms with Crippen molar-refractivity contribution in [1.82, 2.24) is 15.2 Å². The van der Waals surface area contributed by atoms with Crippen LogP contribution < -0.4 is 10.1 Å². The summed E-state index contributed by atoms with van der Waals surface area (Å²) in [6.45, 7) is 7.59. The number of aromatic amines is 1. The topological polar surface area (TPSA) is 40.3 Å². The molecule has 3 rings (SSSR count). The molecule has 1 fully saturated rings. The number of nitrogens with one attached hydrogen (secondary N) is 2. The molecule has 19 heavy (non-hydrogen) atoms. The number of aryl methyl sites for hydroxylation is 1. The van der Waals surface area contributed by atoms with E-state index in [-0.39, 0.29) is 0 Å². The van der Waals surface area contributed by atoms with E-state index < -0.39 is 0 Å². The fourth-order valence-corrected chi connectivity index (χ4v) is 2.80. The lowest BCUT2D eigenvalue weighted by atomic mass is 10.1. The molecule has 2 aromatic rings. The first-order valence-electron chi connectivity index (χ1n) is 6.87.